The second-order valence-electron chi connectivity index (χ2n) is 3.98. The van der Waals surface area contributed by atoms with Gasteiger partial charge in [-0.25, -0.2) is 0 Å². The molecular weight excluding hydrogens is 218 g/mol. The van der Waals surface area contributed by atoms with Gasteiger partial charge in [-0.1, -0.05) is 30.3 Å². The Bertz CT molecular complexity index is 327. The van der Waals surface area contributed by atoms with Gasteiger partial charge >= 0.3 is 5.97 Å². The van der Waals surface area contributed by atoms with Crippen LogP contribution in [0.2, 0.25) is 0 Å². The fourth-order valence-electron chi connectivity index (χ4n) is 1.46. The normalized spacial score (nSPS) is 12.3. The van der Waals surface area contributed by atoms with Crippen LogP contribution in [0, 0.1) is 0 Å². The van der Waals surface area contributed by atoms with Crippen molar-refractivity contribution in [3.63, 3.8) is 0 Å². The van der Waals surface area contributed by atoms with Crippen LogP contribution < -0.4 is 5.73 Å². The predicted molar refractivity (Wildman–Crippen MR) is 65.6 cm³/mol. The number of nitrogens with two attached hydrogens (primary N) is 1. The Hall–Kier alpha value is -1.39. The zero-order chi connectivity index (χ0) is 12.5. The maximum Gasteiger partial charge on any atom is 0.320 e. The van der Waals surface area contributed by atoms with Gasteiger partial charge < -0.3 is 15.6 Å². The first-order valence-corrected chi connectivity index (χ1v) is 5.80. The summed E-state index contributed by atoms with van der Waals surface area (Å²) in [6.45, 7) is 1.24. The Morgan fingerprint density at radius 1 is 1.29 bits per heavy atom. The minimum atomic E-state index is -0.935. The second-order valence-corrected chi connectivity index (χ2v) is 3.98. The molecule has 0 saturated heterocycles. The van der Waals surface area contributed by atoms with Crippen molar-refractivity contribution in [1.82, 2.24) is 0 Å². The topological polar surface area (TPSA) is 72.5 Å². The van der Waals surface area contributed by atoms with E-state index in [0.29, 0.717) is 19.6 Å². The maximum absolute atomic E-state index is 10.4. The van der Waals surface area contributed by atoms with Crippen LogP contribution in [0.3, 0.4) is 0 Å². The smallest absolute Gasteiger partial charge is 0.320 e. The third-order valence-electron chi connectivity index (χ3n) is 2.48. The molecule has 0 aliphatic heterocycles. The Balaban J connectivity index is 2.00. The number of aliphatic carboxylic acids is 1. The van der Waals surface area contributed by atoms with Gasteiger partial charge in [0.2, 0.25) is 0 Å². The molecule has 17 heavy (non-hydrogen) atoms. The van der Waals surface area contributed by atoms with Crippen LogP contribution in [-0.2, 0) is 16.1 Å². The van der Waals surface area contributed by atoms with Crippen molar-refractivity contribution in [2.75, 3.05) is 6.61 Å². The molecule has 0 bridgehead atoms. The van der Waals surface area contributed by atoms with Crippen molar-refractivity contribution >= 4 is 5.97 Å². The molecule has 94 valence electrons. The fraction of sp³-hybridized carbons (Fsp3) is 0.462. The van der Waals surface area contributed by atoms with Crippen LogP contribution in [-0.4, -0.2) is 23.7 Å². The Labute approximate surface area is 101 Å². The number of carbonyl (C=O) groups is 1. The van der Waals surface area contributed by atoms with E-state index in [1.54, 1.807) is 0 Å². The lowest BCUT2D eigenvalue weighted by Crippen LogP contribution is -2.29. The summed E-state index contributed by atoms with van der Waals surface area (Å²) in [7, 11) is 0. The van der Waals surface area contributed by atoms with Gasteiger partial charge in [0.15, 0.2) is 0 Å². The van der Waals surface area contributed by atoms with Crippen LogP contribution in [0.25, 0.3) is 0 Å². The van der Waals surface area contributed by atoms with E-state index in [9.17, 15) is 4.79 Å². The molecule has 0 unspecified atom stereocenters. The molecule has 1 rings (SSSR count). The van der Waals surface area contributed by atoms with Crippen LogP contribution in [0.4, 0.5) is 0 Å². The highest BCUT2D eigenvalue weighted by molar-refractivity contribution is 5.72. The van der Waals surface area contributed by atoms with Gasteiger partial charge in [-0.3, -0.25) is 4.79 Å². The van der Waals surface area contributed by atoms with E-state index in [0.717, 1.165) is 18.4 Å². The van der Waals surface area contributed by atoms with Gasteiger partial charge in [0, 0.05) is 6.61 Å². The van der Waals surface area contributed by atoms with E-state index in [1.807, 2.05) is 30.3 Å². The monoisotopic (exact) mass is 237 g/mol. The third kappa shape index (κ3) is 6.04. The summed E-state index contributed by atoms with van der Waals surface area (Å²) in [6, 6.07) is 9.20. The third-order valence-corrected chi connectivity index (χ3v) is 2.48. The molecule has 0 amide bonds. The summed E-state index contributed by atoms with van der Waals surface area (Å²) in [5.41, 5.74) is 6.53. The Morgan fingerprint density at radius 2 is 2.00 bits per heavy atom. The highest BCUT2D eigenvalue weighted by Gasteiger charge is 2.09. The Morgan fingerprint density at radius 3 is 2.65 bits per heavy atom. The van der Waals surface area contributed by atoms with E-state index >= 15 is 0 Å². The first kappa shape index (κ1) is 13.7. The van der Waals surface area contributed by atoms with Gasteiger partial charge in [0.1, 0.15) is 6.04 Å². The minimum absolute atomic E-state index is 0.504. The number of ether oxygens (including phenoxy) is 1. The highest BCUT2D eigenvalue weighted by Crippen LogP contribution is 2.03. The van der Waals surface area contributed by atoms with Crippen molar-refractivity contribution in [3.05, 3.63) is 35.9 Å². The fourth-order valence-corrected chi connectivity index (χ4v) is 1.46. The predicted octanol–water partition coefficient (Wildman–Crippen LogP) is 1.79. The number of hydrogen-bond donors (Lipinski definition) is 2. The molecule has 0 saturated carbocycles. The molecular formula is C13H19NO3. The average Bonchev–Trinajstić information content (AvgIpc) is 2.34. The summed E-state index contributed by atoms with van der Waals surface area (Å²) < 4.78 is 5.47. The zero-order valence-electron chi connectivity index (χ0n) is 9.84. The second kappa shape index (κ2) is 7.81. The van der Waals surface area contributed by atoms with E-state index in [-0.39, 0.29) is 0 Å². The molecule has 0 aliphatic rings. The van der Waals surface area contributed by atoms with E-state index < -0.39 is 12.0 Å². The van der Waals surface area contributed by atoms with Crippen molar-refractivity contribution in [2.24, 2.45) is 5.73 Å². The quantitative estimate of drug-likeness (QED) is 0.676. The van der Waals surface area contributed by atoms with E-state index in [2.05, 4.69) is 0 Å². The molecule has 1 atom stereocenters. The number of carboxylic acids is 1. The molecule has 0 spiro atoms. The lowest BCUT2D eigenvalue weighted by Gasteiger charge is -2.06. The van der Waals surface area contributed by atoms with Crippen LogP contribution in [0.15, 0.2) is 30.3 Å². The molecule has 0 fully saturated rings. The highest BCUT2D eigenvalue weighted by atomic mass is 16.5. The van der Waals surface area contributed by atoms with Crippen molar-refractivity contribution in [1.29, 1.82) is 0 Å². The summed E-state index contributed by atoms with van der Waals surface area (Å²) in [5.74, 6) is -0.935. The number of unbranched alkanes of at least 4 members (excludes halogenated alkanes) is 1. The van der Waals surface area contributed by atoms with Gasteiger partial charge in [0.05, 0.1) is 6.61 Å². The minimum Gasteiger partial charge on any atom is -0.480 e. The van der Waals surface area contributed by atoms with E-state index in [1.165, 1.54) is 0 Å². The average molecular weight is 237 g/mol. The molecule has 1 aromatic rings. The molecule has 4 nitrogen and oxygen atoms in total. The number of rotatable bonds is 8. The molecule has 0 aromatic heterocycles. The number of hydrogen-bond acceptors (Lipinski definition) is 3. The Kier molecular flexibility index (Phi) is 6.29. The van der Waals surface area contributed by atoms with Gasteiger partial charge in [-0.2, -0.15) is 0 Å². The zero-order valence-corrected chi connectivity index (χ0v) is 9.84. The van der Waals surface area contributed by atoms with Crippen molar-refractivity contribution < 1.29 is 14.6 Å². The summed E-state index contributed by atoms with van der Waals surface area (Å²) >= 11 is 0. The van der Waals surface area contributed by atoms with Gasteiger partial charge in [-0.05, 0) is 24.8 Å². The first-order chi connectivity index (χ1) is 8.20. The molecule has 3 N–H and O–H groups in total. The molecule has 0 aliphatic carbocycles. The lowest BCUT2D eigenvalue weighted by atomic mass is 10.1. The van der Waals surface area contributed by atoms with Crippen molar-refractivity contribution in [2.45, 2.75) is 31.9 Å². The van der Waals surface area contributed by atoms with Gasteiger partial charge in [-0.15, -0.1) is 0 Å². The van der Waals surface area contributed by atoms with Crippen molar-refractivity contribution in [3.8, 4) is 0 Å². The molecule has 1 aromatic carbocycles. The first-order valence-electron chi connectivity index (χ1n) is 5.80. The summed E-state index contributed by atoms with van der Waals surface area (Å²) in [4.78, 5) is 10.4. The summed E-state index contributed by atoms with van der Waals surface area (Å²) in [6.07, 6.45) is 2.13. The number of carboxylic acid groups (broad SMARTS) is 1. The van der Waals surface area contributed by atoms with Crippen LogP contribution in [0.5, 0.6) is 0 Å². The molecule has 0 heterocycles. The standard InChI is InChI=1S/C13H19NO3/c14-12(13(15)16)8-4-5-9-17-10-11-6-2-1-3-7-11/h1-3,6-7,12H,4-5,8-10,14H2,(H,15,16)/t12-/m1/s1. The van der Waals surface area contributed by atoms with Crippen LogP contribution >= 0.6 is 0 Å². The molecule has 0 radical (unpaired) electrons. The van der Waals surface area contributed by atoms with E-state index in [4.69, 9.17) is 15.6 Å². The van der Waals surface area contributed by atoms with Crippen LogP contribution in [0.1, 0.15) is 24.8 Å². The van der Waals surface area contributed by atoms with Gasteiger partial charge in [0.25, 0.3) is 0 Å². The lowest BCUT2D eigenvalue weighted by molar-refractivity contribution is -0.138. The maximum atomic E-state index is 10.4. The SMILES string of the molecule is N[C@H](CCCCOCc1ccccc1)C(=O)O. The number of benzene rings is 1. The molecule has 4 heteroatoms. The largest absolute Gasteiger partial charge is 0.480 e. The summed E-state index contributed by atoms with van der Waals surface area (Å²) in [5, 5.41) is 8.58.